The van der Waals surface area contributed by atoms with Crippen molar-refractivity contribution in [1.82, 2.24) is 9.34 Å². The fourth-order valence-corrected chi connectivity index (χ4v) is 4.90. The van der Waals surface area contributed by atoms with Crippen molar-refractivity contribution in [3.05, 3.63) is 11.9 Å². The second-order valence-corrected chi connectivity index (χ2v) is 6.51. The Morgan fingerprint density at radius 1 is 0.933 bits per heavy atom. The molecule has 0 unspecified atom stereocenters. The Kier molecular flexibility index (Phi) is 4.61. The summed E-state index contributed by atoms with van der Waals surface area (Å²) in [5, 5.41) is 0. The van der Waals surface area contributed by atoms with Gasteiger partial charge in [-0.1, -0.05) is 13.0 Å². The Bertz CT molecular complexity index is 190. The van der Waals surface area contributed by atoms with Crippen LogP contribution in [0.3, 0.4) is 0 Å². The quantitative estimate of drug-likeness (QED) is 0.678. The second-order valence-electron chi connectivity index (χ2n) is 4.43. The van der Waals surface area contributed by atoms with Crippen LogP contribution in [0, 0.1) is 0 Å². The van der Waals surface area contributed by atoms with Crippen molar-refractivity contribution in [2.45, 2.75) is 39.0 Å². The van der Waals surface area contributed by atoms with E-state index in [0.717, 1.165) is 0 Å². The monoisotopic (exact) mass is 226 g/mol. The number of hydrogen-bond acceptors (Lipinski definition) is 2. The van der Waals surface area contributed by atoms with Gasteiger partial charge in [-0.2, -0.15) is 0 Å². The van der Waals surface area contributed by atoms with Gasteiger partial charge in [0, 0.05) is 26.2 Å². The summed E-state index contributed by atoms with van der Waals surface area (Å²) in [5.41, 5.74) is 0. The molecular formula is C12H23N2P. The minimum Gasteiger partial charge on any atom is -0.267 e. The number of nitrogens with zero attached hydrogens (tertiary/aromatic N) is 2. The Balaban J connectivity index is 1.97. The molecule has 0 bridgehead atoms. The van der Waals surface area contributed by atoms with Crippen molar-refractivity contribution >= 4 is 8.22 Å². The predicted octanol–water partition coefficient (Wildman–Crippen LogP) is 3.41. The van der Waals surface area contributed by atoms with Crippen molar-refractivity contribution in [2.75, 3.05) is 26.2 Å². The Morgan fingerprint density at radius 3 is 1.80 bits per heavy atom. The fourth-order valence-electron chi connectivity index (χ4n) is 2.38. The highest BCUT2D eigenvalue weighted by Crippen LogP contribution is 2.49. The summed E-state index contributed by atoms with van der Waals surface area (Å²) in [6, 6.07) is 0. The van der Waals surface area contributed by atoms with E-state index in [9.17, 15) is 0 Å². The zero-order valence-corrected chi connectivity index (χ0v) is 10.8. The molecule has 0 N–H and O–H groups in total. The van der Waals surface area contributed by atoms with Gasteiger partial charge >= 0.3 is 0 Å². The maximum Gasteiger partial charge on any atom is 0.0644 e. The Morgan fingerprint density at radius 2 is 1.40 bits per heavy atom. The molecule has 2 nitrogen and oxygen atoms in total. The van der Waals surface area contributed by atoms with Crippen LogP contribution < -0.4 is 0 Å². The lowest BCUT2D eigenvalue weighted by molar-refractivity contribution is 0.481. The number of hydrogen-bond donors (Lipinski definition) is 0. The molecule has 0 radical (unpaired) electrons. The van der Waals surface area contributed by atoms with Crippen LogP contribution in [0.5, 0.6) is 0 Å². The van der Waals surface area contributed by atoms with E-state index in [1.807, 2.05) is 0 Å². The average Bonchev–Trinajstić information content (AvgIpc) is 2.90. The van der Waals surface area contributed by atoms with Crippen LogP contribution in [0.15, 0.2) is 11.9 Å². The third-order valence-electron chi connectivity index (χ3n) is 3.22. The molecule has 2 aliphatic rings. The molecule has 3 heteroatoms. The lowest BCUT2D eigenvalue weighted by Crippen LogP contribution is -2.23. The highest BCUT2D eigenvalue weighted by Gasteiger charge is 2.27. The SMILES string of the molecule is CCC=CP(N1CCCC1)N1CCCC1. The number of allylic oxidation sites excluding steroid dienone is 1. The van der Waals surface area contributed by atoms with Gasteiger partial charge < -0.3 is 0 Å². The molecule has 86 valence electrons. The first-order valence-electron chi connectivity index (χ1n) is 6.37. The van der Waals surface area contributed by atoms with Gasteiger partial charge in [0.05, 0.1) is 8.22 Å². The molecule has 0 aliphatic carbocycles. The largest absolute Gasteiger partial charge is 0.267 e. The second kappa shape index (κ2) is 5.98. The molecule has 0 aromatic rings. The van der Waals surface area contributed by atoms with Crippen molar-refractivity contribution in [2.24, 2.45) is 0 Å². The molecule has 0 amide bonds. The average molecular weight is 226 g/mol. The van der Waals surface area contributed by atoms with Gasteiger partial charge in [0.15, 0.2) is 0 Å². The van der Waals surface area contributed by atoms with E-state index in [0.29, 0.717) is 0 Å². The lowest BCUT2D eigenvalue weighted by Gasteiger charge is -2.32. The third-order valence-corrected chi connectivity index (χ3v) is 5.66. The Labute approximate surface area is 95.2 Å². The first-order valence-corrected chi connectivity index (χ1v) is 7.69. The van der Waals surface area contributed by atoms with E-state index in [1.54, 1.807) is 0 Å². The summed E-state index contributed by atoms with van der Waals surface area (Å²) in [4.78, 5) is 0. The summed E-state index contributed by atoms with van der Waals surface area (Å²) in [6.45, 7) is 7.55. The highest BCUT2D eigenvalue weighted by atomic mass is 31.1. The molecule has 2 aliphatic heterocycles. The van der Waals surface area contributed by atoms with Crippen LogP contribution in [-0.4, -0.2) is 35.5 Å². The van der Waals surface area contributed by atoms with Crippen molar-refractivity contribution < 1.29 is 0 Å². The molecule has 0 saturated carbocycles. The molecule has 0 atom stereocenters. The highest BCUT2D eigenvalue weighted by molar-refractivity contribution is 7.56. The molecule has 2 rings (SSSR count). The van der Waals surface area contributed by atoms with Gasteiger partial charge in [0.2, 0.25) is 0 Å². The first-order chi connectivity index (χ1) is 7.42. The van der Waals surface area contributed by atoms with Crippen molar-refractivity contribution in [1.29, 1.82) is 0 Å². The maximum atomic E-state index is 2.72. The fraction of sp³-hybridized carbons (Fsp3) is 0.833. The van der Waals surface area contributed by atoms with Gasteiger partial charge in [-0.15, -0.1) is 0 Å². The normalized spacial score (nSPS) is 24.9. The summed E-state index contributed by atoms with van der Waals surface area (Å²) in [5.74, 6) is 2.49. The molecule has 2 fully saturated rings. The van der Waals surface area contributed by atoms with E-state index in [4.69, 9.17) is 0 Å². The third kappa shape index (κ3) is 3.03. The summed E-state index contributed by atoms with van der Waals surface area (Å²) in [7, 11) is -0.0827. The summed E-state index contributed by atoms with van der Waals surface area (Å²) < 4.78 is 5.43. The van der Waals surface area contributed by atoms with Gasteiger partial charge in [-0.05, 0) is 37.9 Å². The van der Waals surface area contributed by atoms with Gasteiger partial charge in [0.1, 0.15) is 0 Å². The molecule has 2 saturated heterocycles. The van der Waals surface area contributed by atoms with Crippen LogP contribution in [0.2, 0.25) is 0 Å². The van der Waals surface area contributed by atoms with Crippen LogP contribution in [0.1, 0.15) is 39.0 Å². The van der Waals surface area contributed by atoms with E-state index >= 15 is 0 Å². The molecule has 0 aromatic carbocycles. The summed E-state index contributed by atoms with van der Waals surface area (Å²) >= 11 is 0. The molecule has 2 heterocycles. The van der Waals surface area contributed by atoms with Gasteiger partial charge in [0.25, 0.3) is 0 Å². The molecule has 0 spiro atoms. The molecular weight excluding hydrogens is 203 g/mol. The van der Waals surface area contributed by atoms with E-state index in [2.05, 4.69) is 28.2 Å². The molecule has 0 aromatic heterocycles. The smallest absolute Gasteiger partial charge is 0.0644 e. The minimum absolute atomic E-state index is 0.0827. The van der Waals surface area contributed by atoms with E-state index in [1.165, 1.54) is 58.3 Å². The van der Waals surface area contributed by atoms with E-state index in [-0.39, 0.29) is 8.22 Å². The molecule has 15 heavy (non-hydrogen) atoms. The van der Waals surface area contributed by atoms with Crippen LogP contribution in [0.4, 0.5) is 0 Å². The maximum absolute atomic E-state index is 2.72. The van der Waals surface area contributed by atoms with Gasteiger partial charge in [-0.3, -0.25) is 9.34 Å². The lowest BCUT2D eigenvalue weighted by atomic mass is 10.4. The topological polar surface area (TPSA) is 6.48 Å². The van der Waals surface area contributed by atoms with E-state index < -0.39 is 0 Å². The zero-order chi connectivity index (χ0) is 10.5. The minimum atomic E-state index is -0.0827. The predicted molar refractivity (Wildman–Crippen MR) is 68.0 cm³/mol. The summed E-state index contributed by atoms with van der Waals surface area (Å²) in [6.07, 6.45) is 9.18. The first kappa shape index (κ1) is 11.6. The van der Waals surface area contributed by atoms with Crippen molar-refractivity contribution in [3.63, 3.8) is 0 Å². The Hall–Kier alpha value is 0.0900. The van der Waals surface area contributed by atoms with Crippen molar-refractivity contribution in [3.8, 4) is 0 Å². The van der Waals surface area contributed by atoms with Crippen LogP contribution in [0.25, 0.3) is 0 Å². The van der Waals surface area contributed by atoms with Crippen LogP contribution >= 0.6 is 8.22 Å². The van der Waals surface area contributed by atoms with Gasteiger partial charge in [-0.25, -0.2) is 0 Å². The zero-order valence-electron chi connectivity index (χ0n) is 9.86. The number of rotatable bonds is 4. The van der Waals surface area contributed by atoms with Crippen LogP contribution in [-0.2, 0) is 0 Å². The standard InChI is InChI=1S/C12H23N2P/c1-2-3-12-15(13-8-4-5-9-13)14-10-6-7-11-14/h3,12H,2,4-11H2,1H3.